The van der Waals surface area contributed by atoms with Crippen molar-refractivity contribution in [1.82, 2.24) is 4.98 Å². The van der Waals surface area contributed by atoms with Crippen LogP contribution < -0.4 is 0 Å². The van der Waals surface area contributed by atoms with Gasteiger partial charge in [-0.2, -0.15) is 0 Å². The summed E-state index contributed by atoms with van der Waals surface area (Å²) in [5.74, 6) is 0. The van der Waals surface area contributed by atoms with Gasteiger partial charge in [-0.25, -0.2) is 0 Å². The monoisotopic (exact) mass is 216 g/mol. The summed E-state index contributed by atoms with van der Waals surface area (Å²) in [6.45, 7) is 0. The molecule has 1 radical (unpaired) electrons. The van der Waals surface area contributed by atoms with Crippen LogP contribution in [0.25, 0.3) is 0 Å². The van der Waals surface area contributed by atoms with Crippen molar-refractivity contribution in [3.8, 4) is 0 Å². The van der Waals surface area contributed by atoms with Crippen molar-refractivity contribution >= 4 is 0 Å². The maximum Gasteiger partial charge on any atom is 0.0267 e. The van der Waals surface area contributed by atoms with E-state index in [1.807, 2.05) is 18.2 Å². The van der Waals surface area contributed by atoms with Gasteiger partial charge in [-0.1, -0.05) is 6.07 Å². The smallest absolute Gasteiger partial charge is 0.0267 e. The van der Waals surface area contributed by atoms with E-state index in [0.717, 1.165) is 0 Å². The second-order valence-corrected chi connectivity index (χ2v) is 2.87. The molecule has 69 valence electrons. The second kappa shape index (κ2) is 6.82. The van der Waals surface area contributed by atoms with Crippen molar-refractivity contribution in [2.75, 3.05) is 0 Å². The van der Waals surface area contributed by atoms with Crippen LogP contribution in [0, 0.1) is 0 Å². The molecule has 0 atom stereocenters. The van der Waals surface area contributed by atoms with Crippen molar-refractivity contribution in [1.29, 1.82) is 0 Å². The molecule has 7 heteroatoms. The largest absolute Gasteiger partial charge is 0.265 e. The summed E-state index contributed by atoms with van der Waals surface area (Å²) >= 11 is -5.25. The molecule has 0 bridgehead atoms. The number of nitrogens with zero attached hydrogens (tertiary/aromatic N) is 1. The molecule has 5 nitrogen and oxygen atoms in total. The van der Waals surface area contributed by atoms with Gasteiger partial charge >= 0.3 is 29.5 Å². The molecule has 2 N–H and O–H groups in total. The Bertz CT molecular complexity index is 240. The molecule has 0 aromatic carbocycles. The maximum absolute atomic E-state index is 8.82. The molecular formula is C5H7CrFNO4. The molecule has 1 aromatic rings. The summed E-state index contributed by atoms with van der Waals surface area (Å²) in [6.07, 6.45) is 3.50. The van der Waals surface area contributed by atoms with E-state index in [9.17, 15) is 0 Å². The Morgan fingerprint density at radius 3 is 1.42 bits per heavy atom. The van der Waals surface area contributed by atoms with Crippen molar-refractivity contribution < 1.29 is 34.2 Å². The fourth-order valence-corrected chi connectivity index (χ4v) is 0.313. The van der Waals surface area contributed by atoms with Gasteiger partial charge in [-0.3, -0.25) is 4.98 Å². The minimum absolute atomic E-state index is 0. The topological polar surface area (TPSA) is 87.5 Å². The first-order valence-corrected chi connectivity index (χ1v) is 4.73. The molecule has 0 saturated carbocycles. The SMILES string of the molecule is [F].[O]=[Cr](=[O])([OH])[OH].c1ccncc1. The van der Waals surface area contributed by atoms with Crippen molar-refractivity contribution in [2.45, 2.75) is 0 Å². The second-order valence-electron chi connectivity index (χ2n) is 1.47. The predicted octanol–water partition coefficient (Wildman–Crippen LogP) is 0.148. The molecule has 0 aliphatic carbocycles. The summed E-state index contributed by atoms with van der Waals surface area (Å²) in [7, 11) is 0. The zero-order valence-electron chi connectivity index (χ0n) is 5.83. The van der Waals surface area contributed by atoms with E-state index >= 15 is 0 Å². The first-order chi connectivity index (χ1) is 5.00. The average molecular weight is 216 g/mol. The number of hydrogen-bond acceptors (Lipinski definition) is 3. The Morgan fingerprint density at radius 2 is 1.33 bits per heavy atom. The van der Waals surface area contributed by atoms with Crippen LogP contribution in [-0.4, -0.2) is 13.3 Å². The van der Waals surface area contributed by atoms with Gasteiger partial charge in [-0.05, 0) is 12.1 Å². The molecule has 1 aromatic heterocycles. The molecule has 0 aliphatic heterocycles. The quantitative estimate of drug-likeness (QED) is 0.644. The van der Waals surface area contributed by atoms with Gasteiger partial charge in [0.2, 0.25) is 0 Å². The Kier molecular flexibility index (Phi) is 7.79. The predicted molar refractivity (Wildman–Crippen MR) is 31.2 cm³/mol. The molecule has 0 saturated heterocycles. The Labute approximate surface area is 70.4 Å². The molecule has 0 unspecified atom stereocenters. The summed E-state index contributed by atoms with van der Waals surface area (Å²) in [5, 5.41) is 0. The van der Waals surface area contributed by atoms with Gasteiger partial charge < -0.3 is 0 Å². The van der Waals surface area contributed by atoms with E-state index in [0.29, 0.717) is 0 Å². The fourth-order valence-electron chi connectivity index (χ4n) is 0.313. The van der Waals surface area contributed by atoms with Crippen molar-refractivity contribution in [2.24, 2.45) is 0 Å². The van der Waals surface area contributed by atoms with Gasteiger partial charge in [0.1, 0.15) is 0 Å². The van der Waals surface area contributed by atoms with E-state index in [-0.39, 0.29) is 4.70 Å². The number of pyridine rings is 1. The average Bonchev–Trinajstić information content (AvgIpc) is 1.88. The Balaban J connectivity index is 0. The third-order valence-corrected chi connectivity index (χ3v) is 0.566. The van der Waals surface area contributed by atoms with Crippen LogP contribution in [0.3, 0.4) is 0 Å². The van der Waals surface area contributed by atoms with Gasteiger partial charge in [0.15, 0.2) is 0 Å². The zero-order chi connectivity index (χ0) is 8.74. The molecule has 0 amide bonds. The Hall–Kier alpha value is -0.868. The van der Waals surface area contributed by atoms with Crippen LogP contribution in [0.15, 0.2) is 30.6 Å². The number of aromatic nitrogens is 1. The van der Waals surface area contributed by atoms with Crippen LogP contribution >= 0.6 is 0 Å². The first kappa shape index (κ1) is 13.7. The van der Waals surface area contributed by atoms with Crippen LogP contribution in [0.4, 0.5) is 4.70 Å². The van der Waals surface area contributed by atoms with Crippen molar-refractivity contribution in [3.63, 3.8) is 0 Å². The van der Waals surface area contributed by atoms with Crippen LogP contribution in [0.5, 0.6) is 0 Å². The molecule has 0 spiro atoms. The minimum Gasteiger partial charge on any atom is -0.265 e. The molecular weight excluding hydrogens is 209 g/mol. The number of halogens is 1. The standard InChI is InChI=1S/C5H5N.Cr.F.2H2O.2O/c1-2-4-6-5-3-1;;;;;;/h1-5H;;;2*1H2;;/q;+2;;;;;/p-2. The number of hydrogen-bond donors (Lipinski definition) is 2. The maximum atomic E-state index is 8.82. The molecule has 0 fully saturated rings. The van der Waals surface area contributed by atoms with E-state index in [1.54, 1.807) is 12.4 Å². The normalized spacial score (nSPS) is 8.83. The minimum atomic E-state index is -5.25. The first-order valence-electron chi connectivity index (χ1n) is 2.55. The summed E-state index contributed by atoms with van der Waals surface area (Å²) in [5.41, 5.74) is 0. The summed E-state index contributed by atoms with van der Waals surface area (Å²) in [4.78, 5) is 3.78. The third kappa shape index (κ3) is 22.9. The van der Waals surface area contributed by atoms with Gasteiger partial charge in [0.25, 0.3) is 0 Å². The van der Waals surface area contributed by atoms with E-state index < -0.39 is 13.6 Å². The molecule has 1 rings (SSSR count). The van der Waals surface area contributed by atoms with Crippen molar-refractivity contribution in [3.05, 3.63) is 30.6 Å². The fraction of sp³-hybridized carbons (Fsp3) is 0. The summed E-state index contributed by atoms with van der Waals surface area (Å²) < 4.78 is 31.9. The number of rotatable bonds is 0. The zero-order valence-corrected chi connectivity index (χ0v) is 7.11. The third-order valence-electron chi connectivity index (χ3n) is 0.566. The molecule has 1 heterocycles. The van der Waals surface area contributed by atoms with Gasteiger partial charge in [0, 0.05) is 17.1 Å². The van der Waals surface area contributed by atoms with E-state index in [4.69, 9.17) is 15.9 Å². The van der Waals surface area contributed by atoms with Crippen LogP contribution in [-0.2, 0) is 21.2 Å². The van der Waals surface area contributed by atoms with Crippen LogP contribution in [0.2, 0.25) is 0 Å². The molecule has 0 aliphatic rings. The van der Waals surface area contributed by atoms with Crippen LogP contribution in [0.1, 0.15) is 0 Å². The van der Waals surface area contributed by atoms with Gasteiger partial charge in [-0.15, -0.1) is 0 Å². The molecule has 12 heavy (non-hydrogen) atoms. The Morgan fingerprint density at radius 1 is 1.00 bits per heavy atom. The van der Waals surface area contributed by atoms with E-state index in [2.05, 4.69) is 4.98 Å². The van der Waals surface area contributed by atoms with E-state index in [1.165, 1.54) is 0 Å². The van der Waals surface area contributed by atoms with Gasteiger partial charge in [0.05, 0.1) is 0 Å². The summed E-state index contributed by atoms with van der Waals surface area (Å²) in [6, 6.07) is 5.72.